The maximum Gasteiger partial charge on any atom is 0.243 e. The number of ether oxygens (including phenoxy) is 3. The number of nitrogens with zero attached hydrogens (tertiary/aromatic N) is 2. The van der Waals surface area contributed by atoms with Crippen LogP contribution >= 0.6 is 23.2 Å². The second-order valence-electron chi connectivity index (χ2n) is 6.72. The first-order chi connectivity index (χ1) is 15.4. The molecule has 1 aliphatic rings. The number of carbonyl (C=O) groups is 1. The predicted octanol–water partition coefficient (Wildman–Crippen LogP) is 3.75. The summed E-state index contributed by atoms with van der Waals surface area (Å²) in [6.07, 6.45) is 5.25. The van der Waals surface area contributed by atoms with Gasteiger partial charge >= 0.3 is 0 Å². The molecule has 11 heteroatoms. The minimum atomic E-state index is -0.710. The lowest BCUT2D eigenvalue weighted by molar-refractivity contribution is -0.117. The van der Waals surface area contributed by atoms with E-state index in [4.69, 9.17) is 37.4 Å². The minimum Gasteiger partial charge on any atom is -0.495 e. The van der Waals surface area contributed by atoms with E-state index in [1.807, 2.05) is 0 Å². The normalized spacial score (nSPS) is 18.2. The molecule has 2 heterocycles. The summed E-state index contributed by atoms with van der Waals surface area (Å²) in [6, 6.07) is 0.995. The standard InChI is InChI=1S/C21H21Cl2FN4O4/c1-4-17(29)27-13-9-32-10-14(13)28-21-25-7-11(8-26-21)5-12(24)18-19(22)15(30-2)6-16(31-3)20(18)23/h4-8,13-14H,1,9-10H2,2-3H3,(H,27,29)(H,25,26,28)/b12-5-/t13?,14-/m0/s1. The molecule has 170 valence electrons. The molecule has 2 aromatic rings. The number of amides is 1. The summed E-state index contributed by atoms with van der Waals surface area (Å²) in [5.41, 5.74) is 0.316. The van der Waals surface area contributed by atoms with E-state index in [1.54, 1.807) is 0 Å². The van der Waals surface area contributed by atoms with Crippen LogP contribution in [0.1, 0.15) is 11.1 Å². The SMILES string of the molecule is C=CC(=O)NC1COC[C@@H]1Nc1ncc(/C=C(\F)c2c(Cl)c(OC)cc(OC)c2Cl)cn1. The number of methoxy groups -OCH3 is 2. The molecule has 2 atom stereocenters. The van der Waals surface area contributed by atoms with E-state index >= 15 is 4.39 Å². The Hall–Kier alpha value is -2.88. The van der Waals surface area contributed by atoms with E-state index in [0.29, 0.717) is 24.7 Å². The maximum atomic E-state index is 15.1. The fraction of sp³-hybridized carbons (Fsp3) is 0.286. The van der Waals surface area contributed by atoms with Crippen molar-refractivity contribution >= 4 is 47.0 Å². The Labute approximate surface area is 194 Å². The molecule has 0 saturated carbocycles. The predicted molar refractivity (Wildman–Crippen MR) is 121 cm³/mol. The van der Waals surface area contributed by atoms with Crippen LogP contribution in [0.3, 0.4) is 0 Å². The van der Waals surface area contributed by atoms with Crippen LogP contribution in [0.15, 0.2) is 31.1 Å². The first-order valence-corrected chi connectivity index (χ1v) is 10.2. The summed E-state index contributed by atoms with van der Waals surface area (Å²) >= 11 is 12.5. The molecule has 1 fully saturated rings. The first kappa shape index (κ1) is 23.8. The van der Waals surface area contributed by atoms with Gasteiger partial charge < -0.3 is 24.8 Å². The Morgan fingerprint density at radius 3 is 2.34 bits per heavy atom. The summed E-state index contributed by atoms with van der Waals surface area (Å²) in [6.45, 7) is 4.16. The number of nitrogens with one attached hydrogen (secondary N) is 2. The number of benzene rings is 1. The van der Waals surface area contributed by atoms with Gasteiger partial charge in [-0.2, -0.15) is 0 Å². The van der Waals surface area contributed by atoms with Gasteiger partial charge in [-0.1, -0.05) is 29.8 Å². The van der Waals surface area contributed by atoms with Crippen molar-refractivity contribution in [2.75, 3.05) is 32.8 Å². The molecule has 1 unspecified atom stereocenters. The van der Waals surface area contributed by atoms with Gasteiger partial charge in [-0.15, -0.1) is 0 Å². The van der Waals surface area contributed by atoms with Crippen molar-refractivity contribution in [2.45, 2.75) is 12.1 Å². The van der Waals surface area contributed by atoms with E-state index in [9.17, 15) is 4.79 Å². The highest BCUT2D eigenvalue weighted by Gasteiger charge is 2.29. The third-order valence-corrected chi connectivity index (χ3v) is 5.44. The molecule has 1 aromatic heterocycles. The van der Waals surface area contributed by atoms with Gasteiger partial charge in [0.2, 0.25) is 11.9 Å². The number of rotatable bonds is 8. The summed E-state index contributed by atoms with van der Waals surface area (Å²) in [7, 11) is 2.81. The zero-order valence-corrected chi connectivity index (χ0v) is 18.8. The zero-order valence-electron chi connectivity index (χ0n) is 17.3. The van der Waals surface area contributed by atoms with Crippen molar-refractivity contribution in [3.63, 3.8) is 0 Å². The van der Waals surface area contributed by atoms with Gasteiger partial charge in [0, 0.05) is 24.0 Å². The summed E-state index contributed by atoms with van der Waals surface area (Å²) < 4.78 is 30.8. The third kappa shape index (κ3) is 5.29. The molecule has 0 aliphatic carbocycles. The van der Waals surface area contributed by atoms with E-state index in [1.165, 1.54) is 44.8 Å². The van der Waals surface area contributed by atoms with Gasteiger partial charge in [-0.05, 0) is 12.2 Å². The van der Waals surface area contributed by atoms with E-state index in [-0.39, 0.29) is 45.1 Å². The average molecular weight is 483 g/mol. The second-order valence-corrected chi connectivity index (χ2v) is 7.48. The molecule has 1 amide bonds. The number of hydrogen-bond acceptors (Lipinski definition) is 7. The highest BCUT2D eigenvalue weighted by atomic mass is 35.5. The fourth-order valence-corrected chi connectivity index (χ4v) is 3.73. The van der Waals surface area contributed by atoms with E-state index < -0.39 is 5.83 Å². The average Bonchev–Trinajstić information content (AvgIpc) is 3.21. The van der Waals surface area contributed by atoms with Crippen LogP contribution in [0.4, 0.5) is 10.3 Å². The largest absolute Gasteiger partial charge is 0.495 e. The number of anilines is 1. The van der Waals surface area contributed by atoms with Gasteiger partial charge in [0.05, 0.1) is 55.1 Å². The van der Waals surface area contributed by atoms with Crippen LogP contribution in [-0.4, -0.2) is 55.4 Å². The lowest BCUT2D eigenvalue weighted by Gasteiger charge is -2.19. The molecule has 3 rings (SSSR count). The summed E-state index contributed by atoms with van der Waals surface area (Å²) in [5, 5.41) is 5.90. The Kier molecular flexibility index (Phi) is 7.89. The quantitative estimate of drug-likeness (QED) is 0.553. The molecule has 1 saturated heterocycles. The van der Waals surface area contributed by atoms with Crippen LogP contribution < -0.4 is 20.1 Å². The number of halogens is 3. The summed E-state index contributed by atoms with van der Waals surface area (Å²) in [4.78, 5) is 19.9. The van der Waals surface area contributed by atoms with Crippen molar-refractivity contribution in [3.8, 4) is 11.5 Å². The third-order valence-electron chi connectivity index (χ3n) is 4.69. The highest BCUT2D eigenvalue weighted by molar-refractivity contribution is 6.39. The van der Waals surface area contributed by atoms with Gasteiger partial charge in [-0.25, -0.2) is 14.4 Å². The van der Waals surface area contributed by atoms with E-state index in [0.717, 1.165) is 0 Å². The molecule has 0 spiro atoms. The molecular weight excluding hydrogens is 462 g/mol. The van der Waals surface area contributed by atoms with Gasteiger partial charge in [0.15, 0.2) is 0 Å². The smallest absolute Gasteiger partial charge is 0.243 e. The Morgan fingerprint density at radius 2 is 1.78 bits per heavy atom. The molecule has 0 radical (unpaired) electrons. The minimum absolute atomic E-state index is 0.0140. The molecule has 2 N–H and O–H groups in total. The lowest BCUT2D eigenvalue weighted by atomic mass is 10.1. The lowest BCUT2D eigenvalue weighted by Crippen LogP contribution is -2.45. The van der Waals surface area contributed by atoms with E-state index in [2.05, 4.69) is 27.2 Å². The van der Waals surface area contributed by atoms with Crippen molar-refractivity contribution in [2.24, 2.45) is 0 Å². The summed E-state index contributed by atoms with van der Waals surface area (Å²) in [5.74, 6) is -0.262. The fourth-order valence-electron chi connectivity index (χ4n) is 3.05. The molecule has 1 aliphatic heterocycles. The molecule has 0 bridgehead atoms. The van der Waals surface area contributed by atoms with Crippen LogP contribution in [0.2, 0.25) is 10.0 Å². The monoisotopic (exact) mass is 482 g/mol. The Balaban J connectivity index is 1.78. The number of carbonyl (C=O) groups excluding carboxylic acids is 1. The number of aromatic nitrogens is 2. The second kappa shape index (κ2) is 10.6. The molecular formula is C21H21Cl2FN4O4. The van der Waals surface area contributed by atoms with Gasteiger partial charge in [-0.3, -0.25) is 4.79 Å². The Bertz CT molecular complexity index is 1010. The van der Waals surface area contributed by atoms with Crippen molar-refractivity contribution < 1.29 is 23.4 Å². The highest BCUT2D eigenvalue weighted by Crippen LogP contribution is 2.44. The molecule has 32 heavy (non-hydrogen) atoms. The Morgan fingerprint density at radius 1 is 1.19 bits per heavy atom. The van der Waals surface area contributed by atoms with Crippen LogP contribution in [0.5, 0.6) is 11.5 Å². The molecule has 8 nitrogen and oxygen atoms in total. The van der Waals surface area contributed by atoms with Crippen LogP contribution in [0, 0.1) is 0 Å². The van der Waals surface area contributed by atoms with Crippen LogP contribution in [-0.2, 0) is 9.53 Å². The van der Waals surface area contributed by atoms with Crippen molar-refractivity contribution in [3.05, 3.63) is 52.3 Å². The van der Waals surface area contributed by atoms with Crippen molar-refractivity contribution in [1.82, 2.24) is 15.3 Å². The maximum absolute atomic E-state index is 15.1. The first-order valence-electron chi connectivity index (χ1n) is 9.44. The van der Waals surface area contributed by atoms with Gasteiger partial charge in [0.1, 0.15) is 17.3 Å². The van der Waals surface area contributed by atoms with Crippen LogP contribution in [0.25, 0.3) is 11.9 Å². The molecule has 1 aromatic carbocycles. The van der Waals surface area contributed by atoms with Crippen molar-refractivity contribution in [1.29, 1.82) is 0 Å². The zero-order chi connectivity index (χ0) is 23.3. The number of hydrogen-bond donors (Lipinski definition) is 2. The van der Waals surface area contributed by atoms with Gasteiger partial charge in [0.25, 0.3) is 0 Å². The topological polar surface area (TPSA) is 94.6 Å².